The summed E-state index contributed by atoms with van der Waals surface area (Å²) in [7, 11) is 0. The molecule has 18 heavy (non-hydrogen) atoms. The topological polar surface area (TPSA) is 122 Å². The van der Waals surface area contributed by atoms with Crippen molar-refractivity contribution in [1.82, 2.24) is 5.32 Å². The summed E-state index contributed by atoms with van der Waals surface area (Å²) in [6, 6.07) is -1.02. The lowest BCUT2D eigenvalue weighted by Gasteiger charge is -2.34. The first-order chi connectivity index (χ1) is 8.45. The molecule has 1 aliphatic carbocycles. The molecule has 102 valence electrons. The van der Waals surface area contributed by atoms with Crippen molar-refractivity contribution in [2.75, 3.05) is 13.2 Å². The number of nitrogens with two attached hydrogens (primary N) is 1. The normalized spacial score (nSPS) is 27.5. The zero-order chi connectivity index (χ0) is 13.7. The van der Waals surface area contributed by atoms with E-state index < -0.39 is 24.2 Å². The maximum atomic E-state index is 11.1. The van der Waals surface area contributed by atoms with Crippen LogP contribution in [-0.2, 0) is 14.3 Å². The van der Waals surface area contributed by atoms with Crippen LogP contribution in [0.25, 0.3) is 0 Å². The molecular formula is C11H18N2O5. The maximum Gasteiger partial charge on any atom is 0.331 e. The molecule has 0 unspecified atom stereocenters. The quantitative estimate of drug-likeness (QED) is 0.481. The number of ether oxygens (including phenoxy) is 1. The highest BCUT2D eigenvalue weighted by molar-refractivity contribution is 5.87. The van der Waals surface area contributed by atoms with Gasteiger partial charge in [0.1, 0.15) is 0 Å². The van der Waals surface area contributed by atoms with Crippen LogP contribution in [-0.4, -0.2) is 53.5 Å². The molecule has 7 nitrogen and oxygen atoms in total. The molecule has 1 aliphatic rings. The van der Waals surface area contributed by atoms with Gasteiger partial charge >= 0.3 is 5.97 Å². The number of carbonyl (C=O) groups excluding carboxylic acids is 1. The first-order valence-corrected chi connectivity index (χ1v) is 5.64. The molecule has 0 radical (unpaired) electrons. The molecule has 5 N–H and O–H groups in total. The van der Waals surface area contributed by atoms with Crippen molar-refractivity contribution < 1.29 is 24.5 Å². The summed E-state index contributed by atoms with van der Waals surface area (Å²) in [6.07, 6.45) is 0.956. The Bertz CT molecular complexity index is 355. The van der Waals surface area contributed by atoms with Gasteiger partial charge in [0.15, 0.2) is 0 Å². The van der Waals surface area contributed by atoms with Gasteiger partial charge in [-0.25, -0.2) is 4.79 Å². The second-order valence-electron chi connectivity index (χ2n) is 4.15. The van der Waals surface area contributed by atoms with E-state index >= 15 is 0 Å². The number of hydrogen-bond acceptors (Lipinski definition) is 5. The van der Waals surface area contributed by atoms with E-state index in [1.54, 1.807) is 0 Å². The highest BCUT2D eigenvalue weighted by Gasteiger charge is 2.34. The zero-order valence-corrected chi connectivity index (χ0v) is 10.1. The molecule has 0 saturated carbocycles. The van der Waals surface area contributed by atoms with Crippen LogP contribution in [0.4, 0.5) is 0 Å². The van der Waals surface area contributed by atoms with Crippen LogP contribution in [0.5, 0.6) is 0 Å². The van der Waals surface area contributed by atoms with Crippen LogP contribution < -0.4 is 11.1 Å². The molecule has 1 amide bonds. The van der Waals surface area contributed by atoms with Crippen molar-refractivity contribution in [2.45, 2.75) is 31.5 Å². The fraction of sp³-hybridized carbons (Fsp3) is 0.636. The standard InChI is InChI=1S/C11H18N2O5/c1-6(15)13-10-8(12)4-7(11(16)17)5-9(10)18-3-2-14/h5,8-10,14H,2-4,12H2,1H3,(H,13,15)(H,16,17)/t8-,9+,10+/m0/s1. The number of nitrogens with one attached hydrogen (secondary N) is 1. The maximum absolute atomic E-state index is 11.1. The average molecular weight is 258 g/mol. The van der Waals surface area contributed by atoms with Crippen molar-refractivity contribution in [3.63, 3.8) is 0 Å². The van der Waals surface area contributed by atoms with Gasteiger partial charge in [0.2, 0.25) is 5.91 Å². The van der Waals surface area contributed by atoms with E-state index in [4.69, 9.17) is 20.7 Å². The first-order valence-electron chi connectivity index (χ1n) is 5.64. The van der Waals surface area contributed by atoms with E-state index in [9.17, 15) is 9.59 Å². The summed E-state index contributed by atoms with van der Waals surface area (Å²) in [4.78, 5) is 22.0. The number of amides is 1. The van der Waals surface area contributed by atoms with Crippen molar-refractivity contribution in [3.05, 3.63) is 11.6 Å². The van der Waals surface area contributed by atoms with Crippen LogP contribution in [0.3, 0.4) is 0 Å². The SMILES string of the molecule is CC(=O)N[C@@H]1[C@@H](N)CC(C(=O)O)=C[C@H]1OCCO. The number of carbonyl (C=O) groups is 2. The molecule has 0 bridgehead atoms. The van der Waals surface area contributed by atoms with E-state index in [2.05, 4.69) is 5.32 Å². The molecule has 0 aromatic heterocycles. The van der Waals surface area contributed by atoms with Gasteiger partial charge in [-0.1, -0.05) is 0 Å². The lowest BCUT2D eigenvalue weighted by atomic mass is 9.88. The number of carboxylic acid groups (broad SMARTS) is 1. The Morgan fingerprint density at radius 1 is 1.61 bits per heavy atom. The zero-order valence-electron chi connectivity index (χ0n) is 10.1. The molecule has 0 aromatic rings. The van der Waals surface area contributed by atoms with Gasteiger partial charge in [0.25, 0.3) is 0 Å². The van der Waals surface area contributed by atoms with Gasteiger partial charge in [-0.3, -0.25) is 4.79 Å². The molecule has 0 aliphatic heterocycles. The molecule has 0 aromatic carbocycles. The molecule has 7 heteroatoms. The largest absolute Gasteiger partial charge is 0.478 e. The van der Waals surface area contributed by atoms with E-state index in [-0.39, 0.29) is 31.1 Å². The Kier molecular flexibility index (Phi) is 5.26. The predicted octanol–water partition coefficient (Wildman–Crippen LogP) is -1.39. The fourth-order valence-corrected chi connectivity index (χ4v) is 1.92. The first kappa shape index (κ1) is 14.6. The van der Waals surface area contributed by atoms with Crippen molar-refractivity contribution >= 4 is 11.9 Å². The summed E-state index contributed by atoms with van der Waals surface area (Å²) < 4.78 is 5.31. The van der Waals surface area contributed by atoms with E-state index in [1.807, 2.05) is 0 Å². The van der Waals surface area contributed by atoms with Crippen LogP contribution in [0.1, 0.15) is 13.3 Å². The van der Waals surface area contributed by atoms with Gasteiger partial charge in [-0.15, -0.1) is 0 Å². The Balaban J connectivity index is 2.87. The monoisotopic (exact) mass is 258 g/mol. The van der Waals surface area contributed by atoms with Gasteiger partial charge < -0.3 is 26.0 Å². The Labute approximate surface area is 105 Å². The third-order valence-electron chi connectivity index (χ3n) is 2.68. The molecular weight excluding hydrogens is 240 g/mol. The van der Waals surface area contributed by atoms with Crippen molar-refractivity contribution in [2.24, 2.45) is 5.73 Å². The molecule has 0 saturated heterocycles. The molecule has 1 rings (SSSR count). The Morgan fingerprint density at radius 2 is 2.28 bits per heavy atom. The number of hydrogen-bond donors (Lipinski definition) is 4. The smallest absolute Gasteiger partial charge is 0.331 e. The number of carboxylic acids is 1. The average Bonchev–Trinajstić information content (AvgIpc) is 2.28. The third-order valence-corrected chi connectivity index (χ3v) is 2.68. The lowest BCUT2D eigenvalue weighted by molar-refractivity contribution is -0.133. The summed E-state index contributed by atoms with van der Waals surface area (Å²) in [5, 5.41) is 20.3. The van der Waals surface area contributed by atoms with Gasteiger partial charge in [-0.05, 0) is 12.5 Å². The van der Waals surface area contributed by atoms with Gasteiger partial charge in [0, 0.05) is 18.5 Å². The van der Waals surface area contributed by atoms with Gasteiger partial charge in [-0.2, -0.15) is 0 Å². The minimum absolute atomic E-state index is 0.0525. The summed E-state index contributed by atoms with van der Waals surface area (Å²) >= 11 is 0. The van der Waals surface area contributed by atoms with E-state index in [0.717, 1.165) is 0 Å². The molecule has 0 heterocycles. The summed E-state index contributed by atoms with van der Waals surface area (Å²) in [6.45, 7) is 1.22. The van der Waals surface area contributed by atoms with Gasteiger partial charge in [0.05, 0.1) is 25.4 Å². The predicted molar refractivity (Wildman–Crippen MR) is 62.7 cm³/mol. The van der Waals surface area contributed by atoms with Crippen molar-refractivity contribution in [1.29, 1.82) is 0 Å². The summed E-state index contributed by atoms with van der Waals surface area (Å²) in [5.41, 5.74) is 6.02. The van der Waals surface area contributed by atoms with E-state index in [0.29, 0.717) is 0 Å². The number of rotatable bonds is 5. The second kappa shape index (κ2) is 6.48. The highest BCUT2D eigenvalue weighted by atomic mass is 16.5. The number of aliphatic hydroxyl groups is 1. The van der Waals surface area contributed by atoms with Crippen LogP contribution >= 0.6 is 0 Å². The third kappa shape index (κ3) is 3.80. The Hall–Kier alpha value is -1.44. The molecule has 3 atom stereocenters. The fourth-order valence-electron chi connectivity index (χ4n) is 1.92. The minimum Gasteiger partial charge on any atom is -0.478 e. The minimum atomic E-state index is -1.05. The van der Waals surface area contributed by atoms with Crippen LogP contribution in [0.15, 0.2) is 11.6 Å². The van der Waals surface area contributed by atoms with Crippen LogP contribution in [0.2, 0.25) is 0 Å². The Morgan fingerprint density at radius 3 is 2.78 bits per heavy atom. The molecule has 0 fully saturated rings. The summed E-state index contributed by atoms with van der Waals surface area (Å²) in [5.74, 6) is -1.32. The van der Waals surface area contributed by atoms with E-state index in [1.165, 1.54) is 13.0 Å². The number of aliphatic carboxylic acids is 1. The number of aliphatic hydroxyl groups excluding tert-OH is 1. The second-order valence-corrected chi connectivity index (χ2v) is 4.15. The van der Waals surface area contributed by atoms with Crippen molar-refractivity contribution in [3.8, 4) is 0 Å². The highest BCUT2D eigenvalue weighted by Crippen LogP contribution is 2.20. The van der Waals surface area contributed by atoms with Crippen LogP contribution in [0, 0.1) is 0 Å². The lowest BCUT2D eigenvalue weighted by Crippen LogP contribution is -2.56. The molecule has 0 spiro atoms.